The average molecular weight is 794 g/mol. The van der Waals surface area contributed by atoms with Crippen molar-refractivity contribution in [1.29, 1.82) is 0 Å². The minimum Gasteiger partial charge on any atom is -0.466 e. The van der Waals surface area contributed by atoms with Crippen molar-refractivity contribution in [2.75, 3.05) is 40.5 Å². The molecule has 0 saturated heterocycles. The van der Waals surface area contributed by atoms with Crippen LogP contribution in [0.2, 0.25) is 0 Å². The maximum absolute atomic E-state index is 12.5. The third-order valence-corrected chi connectivity index (χ3v) is 11.7. The van der Waals surface area contributed by atoms with E-state index in [9.17, 15) is 9.59 Å². The maximum atomic E-state index is 12.5. The molecule has 0 heterocycles. The van der Waals surface area contributed by atoms with Gasteiger partial charge in [-0.3, -0.25) is 9.59 Å². The van der Waals surface area contributed by atoms with E-state index in [1.165, 1.54) is 180 Å². The van der Waals surface area contributed by atoms with Crippen molar-refractivity contribution in [2.45, 2.75) is 259 Å². The highest BCUT2D eigenvalue weighted by molar-refractivity contribution is 5.70. The van der Waals surface area contributed by atoms with Crippen LogP contribution in [0.5, 0.6) is 0 Å². The van der Waals surface area contributed by atoms with Crippen molar-refractivity contribution in [3.8, 4) is 0 Å². The van der Waals surface area contributed by atoms with Crippen LogP contribution in [0.4, 0.5) is 0 Å². The van der Waals surface area contributed by atoms with E-state index in [-0.39, 0.29) is 11.9 Å². The first-order valence-electron chi connectivity index (χ1n) is 24.9. The van der Waals surface area contributed by atoms with Gasteiger partial charge in [-0.05, 0) is 90.3 Å². The highest BCUT2D eigenvalue weighted by atomic mass is 16.5. The molecule has 0 aromatic carbocycles. The first-order valence-corrected chi connectivity index (χ1v) is 24.9. The Morgan fingerprint density at radius 1 is 0.393 bits per heavy atom. The number of unbranched alkanes of at least 4 members (excludes halogenated alkanes) is 20. The smallest absolute Gasteiger partial charge is 0.306 e. The SMILES string of the molecule is CCCCCC(CCCCC)CC(=O)OCCCCCCCCCC(CCCCCCCCCOC(=O)CC(CCCCC)CCCCC)OCCCN(C)C. The Hall–Kier alpha value is -1.14. The molecule has 0 unspecified atom stereocenters. The molecule has 0 fully saturated rings. The average Bonchev–Trinajstić information content (AvgIpc) is 3.17. The Bertz CT molecular complexity index is 741. The van der Waals surface area contributed by atoms with E-state index in [0.717, 1.165) is 45.3 Å². The maximum Gasteiger partial charge on any atom is 0.306 e. The normalized spacial score (nSPS) is 11.8. The Labute approximate surface area is 350 Å². The number of esters is 2. The van der Waals surface area contributed by atoms with Crippen LogP contribution < -0.4 is 0 Å². The van der Waals surface area contributed by atoms with Crippen LogP contribution in [0.25, 0.3) is 0 Å². The first-order chi connectivity index (χ1) is 27.4. The van der Waals surface area contributed by atoms with Crippen LogP contribution in [0.1, 0.15) is 252 Å². The zero-order valence-corrected chi connectivity index (χ0v) is 38.8. The van der Waals surface area contributed by atoms with Crippen molar-refractivity contribution in [1.82, 2.24) is 4.90 Å². The number of carbonyl (C=O) groups is 2. The summed E-state index contributed by atoms with van der Waals surface area (Å²) in [5.41, 5.74) is 0. The monoisotopic (exact) mass is 794 g/mol. The topological polar surface area (TPSA) is 65.1 Å². The van der Waals surface area contributed by atoms with Crippen molar-refractivity contribution >= 4 is 11.9 Å². The van der Waals surface area contributed by atoms with E-state index in [1.54, 1.807) is 0 Å². The molecule has 0 saturated carbocycles. The highest BCUT2D eigenvalue weighted by Gasteiger charge is 2.16. The third kappa shape index (κ3) is 39.7. The molecular weight excluding hydrogens is 695 g/mol. The fourth-order valence-corrected chi connectivity index (χ4v) is 8.05. The molecule has 334 valence electrons. The molecule has 0 aliphatic carbocycles. The standard InChI is InChI=1S/C50H99NO5/c1-7-11-25-34-46(35-26-12-8-2)44-49(52)55-41-31-23-19-15-17-21-29-38-48(54-43-33-40-51(5)6)39-30-22-18-16-20-24-32-42-56-50(53)45-47(36-27-13-9-3)37-28-14-10-4/h46-48H,7-45H2,1-6H3. The van der Waals surface area contributed by atoms with E-state index >= 15 is 0 Å². The molecule has 0 rings (SSSR count). The van der Waals surface area contributed by atoms with Gasteiger partial charge < -0.3 is 19.1 Å². The molecular formula is C50H99NO5. The fraction of sp³-hybridized carbons (Fsp3) is 0.960. The molecule has 0 bridgehead atoms. The minimum atomic E-state index is 0.0297. The van der Waals surface area contributed by atoms with Crippen LogP contribution in [0.3, 0.4) is 0 Å². The van der Waals surface area contributed by atoms with Crippen LogP contribution in [-0.2, 0) is 23.8 Å². The molecule has 0 aromatic heterocycles. The number of hydrogen-bond donors (Lipinski definition) is 0. The second-order valence-electron chi connectivity index (χ2n) is 17.7. The van der Waals surface area contributed by atoms with Gasteiger partial charge in [0.1, 0.15) is 0 Å². The molecule has 0 aliphatic heterocycles. The van der Waals surface area contributed by atoms with E-state index in [4.69, 9.17) is 14.2 Å². The van der Waals surface area contributed by atoms with E-state index < -0.39 is 0 Å². The second kappa shape index (κ2) is 43.4. The van der Waals surface area contributed by atoms with Gasteiger partial charge >= 0.3 is 11.9 Å². The van der Waals surface area contributed by atoms with Crippen molar-refractivity contribution < 1.29 is 23.8 Å². The van der Waals surface area contributed by atoms with Crippen LogP contribution in [0, 0.1) is 11.8 Å². The predicted molar refractivity (Wildman–Crippen MR) is 241 cm³/mol. The van der Waals surface area contributed by atoms with Crippen LogP contribution in [0.15, 0.2) is 0 Å². The largest absolute Gasteiger partial charge is 0.466 e. The number of rotatable bonds is 45. The predicted octanol–water partition coefficient (Wildman–Crippen LogP) is 15.0. The van der Waals surface area contributed by atoms with Crippen molar-refractivity contribution in [3.63, 3.8) is 0 Å². The molecule has 6 heteroatoms. The van der Waals surface area contributed by atoms with Crippen LogP contribution in [-0.4, -0.2) is 63.4 Å². The lowest BCUT2D eigenvalue weighted by Crippen LogP contribution is -2.18. The Morgan fingerprint density at radius 3 is 1.05 bits per heavy atom. The van der Waals surface area contributed by atoms with Gasteiger partial charge in [0.25, 0.3) is 0 Å². The van der Waals surface area contributed by atoms with E-state index in [2.05, 4.69) is 46.7 Å². The summed E-state index contributed by atoms with van der Waals surface area (Å²) in [4.78, 5) is 27.2. The van der Waals surface area contributed by atoms with Gasteiger partial charge in [-0.1, -0.05) is 182 Å². The summed E-state index contributed by atoms with van der Waals surface area (Å²) in [7, 11) is 4.27. The lowest BCUT2D eigenvalue weighted by Gasteiger charge is -2.19. The zero-order chi connectivity index (χ0) is 41.2. The summed E-state index contributed by atoms with van der Waals surface area (Å²) in [5.74, 6) is 1.08. The van der Waals surface area contributed by atoms with E-state index in [0.29, 0.717) is 44.0 Å². The molecule has 0 N–H and O–H groups in total. The highest BCUT2D eigenvalue weighted by Crippen LogP contribution is 2.23. The summed E-state index contributed by atoms with van der Waals surface area (Å²) in [5, 5.41) is 0. The Morgan fingerprint density at radius 2 is 0.714 bits per heavy atom. The summed E-state index contributed by atoms with van der Waals surface area (Å²) >= 11 is 0. The number of nitrogens with zero attached hydrogens (tertiary/aromatic N) is 1. The molecule has 56 heavy (non-hydrogen) atoms. The molecule has 0 radical (unpaired) electrons. The van der Waals surface area contributed by atoms with Gasteiger partial charge in [0, 0.05) is 19.4 Å². The summed E-state index contributed by atoms with van der Waals surface area (Å²) in [6.45, 7) is 12.1. The van der Waals surface area contributed by atoms with Gasteiger partial charge in [0.2, 0.25) is 0 Å². The third-order valence-electron chi connectivity index (χ3n) is 11.7. The summed E-state index contributed by atoms with van der Waals surface area (Å²) in [6, 6.07) is 0. The summed E-state index contributed by atoms with van der Waals surface area (Å²) < 4.78 is 17.7. The Balaban J connectivity index is 4.10. The minimum absolute atomic E-state index is 0.0297. The van der Waals surface area contributed by atoms with Crippen LogP contribution >= 0.6 is 0 Å². The quantitative estimate of drug-likeness (QED) is 0.0452. The number of hydrogen-bond acceptors (Lipinski definition) is 6. The summed E-state index contributed by atoms with van der Waals surface area (Å²) in [6.07, 6.45) is 41.9. The molecule has 0 amide bonds. The van der Waals surface area contributed by atoms with E-state index in [1.807, 2.05) is 0 Å². The van der Waals surface area contributed by atoms with Gasteiger partial charge in [0.05, 0.1) is 19.3 Å². The number of carbonyl (C=O) groups excluding carboxylic acids is 2. The molecule has 0 aromatic rings. The molecule has 0 aliphatic rings. The Kier molecular flexibility index (Phi) is 42.6. The van der Waals surface area contributed by atoms with Gasteiger partial charge in [-0.2, -0.15) is 0 Å². The zero-order valence-electron chi connectivity index (χ0n) is 38.8. The lowest BCUT2D eigenvalue weighted by atomic mass is 9.92. The molecule has 0 atom stereocenters. The van der Waals surface area contributed by atoms with Gasteiger partial charge in [-0.25, -0.2) is 0 Å². The first kappa shape index (κ1) is 54.9. The van der Waals surface area contributed by atoms with Gasteiger partial charge in [0.15, 0.2) is 0 Å². The lowest BCUT2D eigenvalue weighted by molar-refractivity contribution is -0.146. The van der Waals surface area contributed by atoms with Crippen molar-refractivity contribution in [3.05, 3.63) is 0 Å². The molecule has 6 nitrogen and oxygen atoms in total. The fourth-order valence-electron chi connectivity index (χ4n) is 8.05. The number of ether oxygens (including phenoxy) is 3. The second-order valence-corrected chi connectivity index (χ2v) is 17.7. The molecule has 0 spiro atoms. The van der Waals surface area contributed by atoms with Gasteiger partial charge in [-0.15, -0.1) is 0 Å². The van der Waals surface area contributed by atoms with Crippen molar-refractivity contribution in [2.24, 2.45) is 11.8 Å².